The van der Waals surface area contributed by atoms with E-state index in [1.165, 1.54) is 25.0 Å². The molecule has 0 aliphatic rings. The third-order valence-electron chi connectivity index (χ3n) is 3.55. The maximum absolute atomic E-state index is 12.9. The summed E-state index contributed by atoms with van der Waals surface area (Å²) in [5.74, 6) is -0.169. The molecule has 0 radical (unpaired) electrons. The Morgan fingerprint density at radius 2 is 1.80 bits per heavy atom. The Bertz CT molecular complexity index is 381. The average Bonchev–Trinajstić information content (AvgIpc) is 2.36. The Morgan fingerprint density at radius 1 is 1.20 bits per heavy atom. The van der Waals surface area contributed by atoms with E-state index in [1.807, 2.05) is 12.1 Å². The van der Waals surface area contributed by atoms with E-state index in [9.17, 15) is 4.39 Å². The summed E-state index contributed by atoms with van der Waals surface area (Å²) < 4.78 is 12.9. The molecule has 0 spiro atoms. The normalized spacial score (nSPS) is 13.8. The van der Waals surface area contributed by atoms with E-state index in [0.29, 0.717) is 6.04 Å². The molecule has 2 nitrogen and oxygen atoms in total. The molecule has 20 heavy (non-hydrogen) atoms. The van der Waals surface area contributed by atoms with Crippen molar-refractivity contribution in [2.45, 2.75) is 58.7 Å². The molecule has 1 atom stereocenters. The number of nitrogens with zero attached hydrogens (tertiary/aromatic N) is 1. The molecule has 0 amide bonds. The SMILES string of the molecule is CC(CCCNC(C)(C)C)N(C)Cc1ccc(F)cc1. The lowest BCUT2D eigenvalue weighted by molar-refractivity contribution is 0.232. The first-order valence-electron chi connectivity index (χ1n) is 7.47. The van der Waals surface area contributed by atoms with E-state index in [0.717, 1.165) is 18.7 Å². The van der Waals surface area contributed by atoms with Crippen LogP contribution in [-0.2, 0) is 6.54 Å². The molecule has 1 aromatic rings. The van der Waals surface area contributed by atoms with Crippen molar-refractivity contribution in [3.05, 3.63) is 35.6 Å². The van der Waals surface area contributed by atoms with Crippen LogP contribution in [0.4, 0.5) is 4.39 Å². The van der Waals surface area contributed by atoms with Gasteiger partial charge in [-0.25, -0.2) is 4.39 Å². The van der Waals surface area contributed by atoms with Gasteiger partial charge in [-0.1, -0.05) is 12.1 Å². The first-order chi connectivity index (χ1) is 9.28. The molecule has 0 saturated heterocycles. The van der Waals surface area contributed by atoms with Crippen molar-refractivity contribution >= 4 is 0 Å². The Labute approximate surface area is 123 Å². The molecule has 0 heterocycles. The summed E-state index contributed by atoms with van der Waals surface area (Å²) in [6, 6.07) is 7.31. The van der Waals surface area contributed by atoms with Crippen LogP contribution in [-0.4, -0.2) is 30.1 Å². The molecule has 3 heteroatoms. The van der Waals surface area contributed by atoms with Gasteiger partial charge in [0.15, 0.2) is 0 Å². The van der Waals surface area contributed by atoms with Gasteiger partial charge in [-0.05, 0) is 71.8 Å². The topological polar surface area (TPSA) is 15.3 Å². The van der Waals surface area contributed by atoms with Crippen molar-refractivity contribution in [2.24, 2.45) is 0 Å². The predicted molar refractivity (Wildman–Crippen MR) is 84.3 cm³/mol. The fraction of sp³-hybridized carbons (Fsp3) is 0.647. The number of nitrogens with one attached hydrogen (secondary N) is 1. The molecule has 1 unspecified atom stereocenters. The van der Waals surface area contributed by atoms with Gasteiger partial charge in [-0.3, -0.25) is 4.90 Å². The summed E-state index contributed by atoms with van der Waals surface area (Å²) >= 11 is 0. The van der Waals surface area contributed by atoms with Crippen LogP contribution < -0.4 is 5.32 Å². The maximum atomic E-state index is 12.9. The Hall–Kier alpha value is -0.930. The standard InChI is InChI=1S/C17H29FN2/c1-14(7-6-12-19-17(2,3)4)20(5)13-15-8-10-16(18)11-9-15/h8-11,14,19H,6-7,12-13H2,1-5H3. The molecule has 0 aliphatic heterocycles. The van der Waals surface area contributed by atoms with Gasteiger partial charge in [0.25, 0.3) is 0 Å². The molecule has 1 rings (SSSR count). The van der Waals surface area contributed by atoms with Crippen LogP contribution in [0.3, 0.4) is 0 Å². The van der Waals surface area contributed by atoms with E-state index in [-0.39, 0.29) is 11.4 Å². The van der Waals surface area contributed by atoms with Gasteiger partial charge >= 0.3 is 0 Å². The van der Waals surface area contributed by atoms with Crippen molar-refractivity contribution in [3.63, 3.8) is 0 Å². The number of rotatable bonds is 7. The highest BCUT2D eigenvalue weighted by molar-refractivity contribution is 5.15. The Kier molecular flexibility index (Phi) is 6.63. The minimum absolute atomic E-state index is 0.169. The number of hydrogen-bond acceptors (Lipinski definition) is 2. The van der Waals surface area contributed by atoms with Crippen molar-refractivity contribution in [1.29, 1.82) is 0 Å². The smallest absolute Gasteiger partial charge is 0.123 e. The van der Waals surface area contributed by atoms with E-state index >= 15 is 0 Å². The highest BCUT2D eigenvalue weighted by Gasteiger charge is 2.11. The summed E-state index contributed by atoms with van der Waals surface area (Å²) in [5, 5.41) is 3.51. The zero-order valence-corrected chi connectivity index (χ0v) is 13.5. The highest BCUT2D eigenvalue weighted by atomic mass is 19.1. The van der Waals surface area contributed by atoms with Crippen LogP contribution in [0.2, 0.25) is 0 Å². The van der Waals surface area contributed by atoms with Crippen LogP contribution in [0.1, 0.15) is 46.1 Å². The molecule has 114 valence electrons. The first kappa shape index (κ1) is 17.1. The first-order valence-corrected chi connectivity index (χ1v) is 7.47. The van der Waals surface area contributed by atoms with Crippen LogP contribution in [0.15, 0.2) is 24.3 Å². The summed E-state index contributed by atoms with van der Waals surface area (Å²) in [6.45, 7) is 10.7. The molecule has 1 N–H and O–H groups in total. The minimum Gasteiger partial charge on any atom is -0.312 e. The third-order valence-corrected chi connectivity index (χ3v) is 3.55. The van der Waals surface area contributed by atoms with E-state index in [1.54, 1.807) is 0 Å². The molecule has 0 saturated carbocycles. The minimum atomic E-state index is -0.169. The van der Waals surface area contributed by atoms with Crippen LogP contribution >= 0.6 is 0 Å². The number of benzene rings is 1. The van der Waals surface area contributed by atoms with Gasteiger partial charge in [-0.15, -0.1) is 0 Å². The lowest BCUT2D eigenvalue weighted by atomic mass is 10.1. The van der Waals surface area contributed by atoms with Gasteiger partial charge in [-0.2, -0.15) is 0 Å². The van der Waals surface area contributed by atoms with Crippen LogP contribution in [0.25, 0.3) is 0 Å². The second-order valence-corrected chi connectivity index (χ2v) is 6.71. The van der Waals surface area contributed by atoms with Crippen LogP contribution in [0, 0.1) is 5.82 Å². The lowest BCUT2D eigenvalue weighted by Gasteiger charge is -2.26. The maximum Gasteiger partial charge on any atom is 0.123 e. The fourth-order valence-corrected chi connectivity index (χ4v) is 2.11. The molecule has 1 aromatic carbocycles. The zero-order chi connectivity index (χ0) is 15.2. The van der Waals surface area contributed by atoms with Gasteiger partial charge in [0.2, 0.25) is 0 Å². The second-order valence-electron chi connectivity index (χ2n) is 6.71. The molecule has 0 fully saturated rings. The largest absolute Gasteiger partial charge is 0.312 e. The summed E-state index contributed by atoms with van der Waals surface area (Å²) in [6.07, 6.45) is 2.34. The van der Waals surface area contributed by atoms with Gasteiger partial charge in [0.1, 0.15) is 5.82 Å². The molecular formula is C17H29FN2. The van der Waals surface area contributed by atoms with E-state index in [4.69, 9.17) is 0 Å². The highest BCUT2D eigenvalue weighted by Crippen LogP contribution is 2.11. The monoisotopic (exact) mass is 280 g/mol. The van der Waals surface area contributed by atoms with Crippen molar-refractivity contribution in [2.75, 3.05) is 13.6 Å². The van der Waals surface area contributed by atoms with E-state index in [2.05, 4.69) is 45.0 Å². The Morgan fingerprint density at radius 3 is 2.35 bits per heavy atom. The average molecular weight is 280 g/mol. The molecular weight excluding hydrogens is 251 g/mol. The molecule has 0 aliphatic carbocycles. The predicted octanol–water partition coefficient (Wildman–Crippen LogP) is 3.81. The lowest BCUT2D eigenvalue weighted by Crippen LogP contribution is -2.37. The zero-order valence-electron chi connectivity index (χ0n) is 13.5. The summed E-state index contributed by atoms with van der Waals surface area (Å²) in [4.78, 5) is 2.32. The summed E-state index contributed by atoms with van der Waals surface area (Å²) in [5.41, 5.74) is 1.36. The fourth-order valence-electron chi connectivity index (χ4n) is 2.11. The second kappa shape index (κ2) is 7.75. The molecule has 0 aromatic heterocycles. The van der Waals surface area contributed by atoms with Crippen LogP contribution in [0.5, 0.6) is 0 Å². The van der Waals surface area contributed by atoms with Crippen molar-refractivity contribution in [1.82, 2.24) is 10.2 Å². The van der Waals surface area contributed by atoms with Gasteiger partial charge < -0.3 is 5.32 Å². The summed E-state index contributed by atoms with van der Waals surface area (Å²) in [7, 11) is 2.13. The number of halogens is 1. The van der Waals surface area contributed by atoms with Gasteiger partial charge in [0, 0.05) is 18.1 Å². The third kappa shape index (κ3) is 7.01. The number of hydrogen-bond donors (Lipinski definition) is 1. The van der Waals surface area contributed by atoms with Crippen molar-refractivity contribution < 1.29 is 4.39 Å². The van der Waals surface area contributed by atoms with E-state index < -0.39 is 0 Å². The molecule has 0 bridgehead atoms. The van der Waals surface area contributed by atoms with Gasteiger partial charge in [0.05, 0.1) is 0 Å². The quantitative estimate of drug-likeness (QED) is 0.764. The Balaban J connectivity index is 2.28. The van der Waals surface area contributed by atoms with Crippen molar-refractivity contribution in [3.8, 4) is 0 Å².